The molecule has 0 aliphatic carbocycles. The standard InChI is InChI=1S/C5H7N2PS/c6-4-1-2-5(9-8)7-3-4/h1-3H,6,8H2. The SMILES string of the molecule is Nc1ccc(SP)nc1. The molecule has 0 amide bonds. The first kappa shape index (κ1) is 6.84. The van der Waals surface area contributed by atoms with E-state index in [4.69, 9.17) is 5.73 Å². The molecule has 1 aromatic rings. The number of hydrogen-bond donors (Lipinski definition) is 1. The maximum Gasteiger partial charge on any atom is 0.0998 e. The van der Waals surface area contributed by atoms with Gasteiger partial charge in [-0.1, -0.05) is 19.8 Å². The number of aromatic nitrogens is 1. The molecule has 1 heterocycles. The topological polar surface area (TPSA) is 38.9 Å². The van der Waals surface area contributed by atoms with Crippen molar-refractivity contribution in [3.63, 3.8) is 0 Å². The van der Waals surface area contributed by atoms with Crippen LogP contribution in [-0.4, -0.2) is 4.98 Å². The zero-order valence-electron chi connectivity index (χ0n) is 4.74. The van der Waals surface area contributed by atoms with Gasteiger partial charge in [0.2, 0.25) is 0 Å². The predicted octanol–water partition coefficient (Wildman–Crippen LogP) is 1.55. The lowest BCUT2D eigenvalue weighted by atomic mass is 10.4. The fourth-order valence-corrected chi connectivity index (χ4v) is 1.14. The average Bonchev–Trinajstić information content (AvgIpc) is 1.90. The molecule has 48 valence electrons. The number of nitrogen functional groups attached to an aromatic ring is 1. The van der Waals surface area contributed by atoms with E-state index in [0.29, 0.717) is 5.69 Å². The van der Waals surface area contributed by atoms with Gasteiger partial charge in [-0.2, -0.15) is 0 Å². The number of rotatable bonds is 1. The second-order valence-electron chi connectivity index (χ2n) is 1.55. The summed E-state index contributed by atoms with van der Waals surface area (Å²) in [5, 5.41) is 0.967. The van der Waals surface area contributed by atoms with Gasteiger partial charge in [0.25, 0.3) is 0 Å². The number of nitrogens with zero attached hydrogens (tertiary/aromatic N) is 1. The number of nitrogens with two attached hydrogens (primary N) is 1. The molecule has 2 N–H and O–H groups in total. The van der Waals surface area contributed by atoms with Gasteiger partial charge in [-0.3, -0.25) is 0 Å². The van der Waals surface area contributed by atoms with Crippen molar-refractivity contribution in [1.29, 1.82) is 0 Å². The fraction of sp³-hybridized carbons (Fsp3) is 0. The highest BCUT2D eigenvalue weighted by Crippen LogP contribution is 2.21. The lowest BCUT2D eigenvalue weighted by Crippen LogP contribution is -1.84. The molecule has 1 aromatic heterocycles. The van der Waals surface area contributed by atoms with Crippen LogP contribution in [0.3, 0.4) is 0 Å². The zero-order valence-corrected chi connectivity index (χ0v) is 6.71. The van der Waals surface area contributed by atoms with Crippen LogP contribution in [-0.2, 0) is 0 Å². The summed E-state index contributed by atoms with van der Waals surface area (Å²) in [5.74, 6) is 0. The van der Waals surface area contributed by atoms with Crippen molar-refractivity contribution >= 4 is 25.5 Å². The Kier molecular flexibility index (Phi) is 2.31. The summed E-state index contributed by atoms with van der Waals surface area (Å²) in [6.45, 7) is 0. The van der Waals surface area contributed by atoms with Crippen molar-refractivity contribution in [3.8, 4) is 0 Å². The summed E-state index contributed by atoms with van der Waals surface area (Å²) < 4.78 is 0. The summed E-state index contributed by atoms with van der Waals surface area (Å²) >= 11 is 1.53. The molecule has 0 aliphatic rings. The van der Waals surface area contributed by atoms with E-state index in [2.05, 4.69) is 13.4 Å². The number of pyridine rings is 1. The summed E-state index contributed by atoms with van der Waals surface area (Å²) in [4.78, 5) is 4.01. The van der Waals surface area contributed by atoms with Crippen LogP contribution in [0.1, 0.15) is 0 Å². The van der Waals surface area contributed by atoms with Gasteiger partial charge >= 0.3 is 0 Å². The first-order valence-corrected chi connectivity index (χ1v) is 4.70. The molecule has 0 bridgehead atoms. The van der Waals surface area contributed by atoms with Crippen molar-refractivity contribution < 1.29 is 0 Å². The Morgan fingerprint density at radius 1 is 1.56 bits per heavy atom. The average molecular weight is 158 g/mol. The molecule has 0 fully saturated rings. The molecular weight excluding hydrogens is 151 g/mol. The molecule has 0 aliphatic heterocycles. The summed E-state index contributed by atoms with van der Waals surface area (Å²) in [6.07, 6.45) is 1.65. The molecule has 4 heteroatoms. The molecule has 0 radical (unpaired) electrons. The second kappa shape index (κ2) is 3.04. The van der Waals surface area contributed by atoms with Crippen LogP contribution in [0.15, 0.2) is 23.4 Å². The van der Waals surface area contributed by atoms with Gasteiger partial charge in [0.05, 0.1) is 16.9 Å². The van der Waals surface area contributed by atoms with Gasteiger partial charge in [0.1, 0.15) is 0 Å². The van der Waals surface area contributed by atoms with Gasteiger partial charge < -0.3 is 5.73 Å². The van der Waals surface area contributed by atoms with Crippen molar-refractivity contribution in [2.45, 2.75) is 5.03 Å². The van der Waals surface area contributed by atoms with E-state index in [0.717, 1.165) is 5.03 Å². The first-order valence-electron chi connectivity index (χ1n) is 2.41. The van der Waals surface area contributed by atoms with E-state index in [1.165, 1.54) is 11.4 Å². The maximum atomic E-state index is 5.40. The molecule has 1 unspecified atom stereocenters. The quantitative estimate of drug-likeness (QED) is 0.630. The highest BCUT2D eigenvalue weighted by molar-refractivity contribution is 8.43. The van der Waals surface area contributed by atoms with Crippen molar-refractivity contribution in [3.05, 3.63) is 18.3 Å². The third kappa shape index (κ3) is 1.84. The van der Waals surface area contributed by atoms with Gasteiger partial charge in [-0.25, -0.2) is 4.98 Å². The van der Waals surface area contributed by atoms with Crippen LogP contribution < -0.4 is 5.73 Å². The van der Waals surface area contributed by atoms with Gasteiger partial charge in [0.15, 0.2) is 0 Å². The lowest BCUT2D eigenvalue weighted by Gasteiger charge is -1.92. The Morgan fingerprint density at radius 3 is 2.78 bits per heavy atom. The minimum absolute atomic E-state index is 0.706. The summed E-state index contributed by atoms with van der Waals surface area (Å²) in [7, 11) is 2.52. The molecule has 0 spiro atoms. The molecule has 1 rings (SSSR count). The third-order valence-corrected chi connectivity index (χ3v) is 2.09. The highest BCUT2D eigenvalue weighted by atomic mass is 32.7. The molecule has 2 nitrogen and oxygen atoms in total. The zero-order chi connectivity index (χ0) is 6.69. The normalized spacial score (nSPS) is 9.44. The van der Waals surface area contributed by atoms with E-state index in [-0.39, 0.29) is 0 Å². The second-order valence-corrected chi connectivity index (χ2v) is 2.91. The third-order valence-electron chi connectivity index (χ3n) is 0.880. The largest absolute Gasteiger partial charge is 0.397 e. The van der Waals surface area contributed by atoms with Crippen LogP contribution >= 0.6 is 19.8 Å². The van der Waals surface area contributed by atoms with Crippen LogP contribution in [0.4, 0.5) is 5.69 Å². The van der Waals surface area contributed by atoms with E-state index < -0.39 is 0 Å². The smallest absolute Gasteiger partial charge is 0.0998 e. The lowest BCUT2D eigenvalue weighted by molar-refractivity contribution is 1.15. The Labute approximate surface area is 60.2 Å². The van der Waals surface area contributed by atoms with Crippen LogP contribution in [0.2, 0.25) is 0 Å². The minimum atomic E-state index is 0.706. The van der Waals surface area contributed by atoms with E-state index in [1.807, 2.05) is 12.1 Å². The van der Waals surface area contributed by atoms with E-state index in [1.54, 1.807) is 6.20 Å². The Balaban J connectivity index is 2.88. The molecule has 9 heavy (non-hydrogen) atoms. The Bertz CT molecular complexity index is 187. The first-order chi connectivity index (χ1) is 4.33. The Hall–Kier alpha value is -0.270. The molecule has 0 aromatic carbocycles. The predicted molar refractivity (Wildman–Crippen MR) is 44.2 cm³/mol. The molecule has 0 saturated heterocycles. The van der Waals surface area contributed by atoms with Crippen molar-refractivity contribution in [2.24, 2.45) is 0 Å². The maximum absolute atomic E-state index is 5.40. The van der Waals surface area contributed by atoms with E-state index in [9.17, 15) is 0 Å². The van der Waals surface area contributed by atoms with Gasteiger partial charge in [-0.05, 0) is 12.1 Å². The minimum Gasteiger partial charge on any atom is -0.397 e. The Morgan fingerprint density at radius 2 is 2.33 bits per heavy atom. The monoisotopic (exact) mass is 158 g/mol. The highest BCUT2D eigenvalue weighted by Gasteiger charge is 1.87. The van der Waals surface area contributed by atoms with Crippen LogP contribution in [0, 0.1) is 0 Å². The molecule has 1 atom stereocenters. The van der Waals surface area contributed by atoms with Crippen molar-refractivity contribution in [1.82, 2.24) is 4.98 Å². The summed E-state index contributed by atoms with van der Waals surface area (Å²) in [5.41, 5.74) is 6.11. The van der Waals surface area contributed by atoms with Gasteiger partial charge in [0, 0.05) is 0 Å². The molecular formula is C5H7N2PS. The van der Waals surface area contributed by atoms with Crippen molar-refractivity contribution in [2.75, 3.05) is 5.73 Å². The fourth-order valence-electron chi connectivity index (χ4n) is 0.461. The van der Waals surface area contributed by atoms with Gasteiger partial charge in [-0.15, -0.1) is 0 Å². The molecule has 0 saturated carbocycles. The van der Waals surface area contributed by atoms with Crippen LogP contribution in [0.5, 0.6) is 0 Å². The number of anilines is 1. The van der Waals surface area contributed by atoms with Crippen LogP contribution in [0.25, 0.3) is 0 Å². The summed E-state index contributed by atoms with van der Waals surface area (Å²) in [6, 6.07) is 3.71. The number of hydrogen-bond acceptors (Lipinski definition) is 3. The van der Waals surface area contributed by atoms with E-state index >= 15 is 0 Å².